The first-order valence-corrected chi connectivity index (χ1v) is 15.6. The van der Waals surface area contributed by atoms with Crippen molar-refractivity contribution in [2.75, 3.05) is 88.5 Å². The Hall–Kier alpha value is -2.72. The number of rotatable bonds is 12. The van der Waals surface area contributed by atoms with Gasteiger partial charge in [0, 0.05) is 21.4 Å². The molecule has 0 aliphatic carbocycles. The van der Waals surface area contributed by atoms with Gasteiger partial charge in [-0.3, -0.25) is 0 Å². The number of piperazine rings is 2. The monoisotopic (exact) mass is 616 g/mol. The Morgan fingerprint density at radius 2 is 1.00 bits per heavy atom. The SMILES string of the molecule is O[C@H](COc1ccc(OC[C@@H](O)C[NH+]2CCN(c3cccc(Cl)c3)CC2)cc1)C[NH+]1CCN(c2cccc(Cl)c2)CC1. The van der Waals surface area contributed by atoms with Crippen molar-refractivity contribution in [3.8, 4) is 11.5 Å². The van der Waals surface area contributed by atoms with Gasteiger partial charge in [-0.1, -0.05) is 35.3 Å². The van der Waals surface area contributed by atoms with Gasteiger partial charge in [0.15, 0.2) is 0 Å². The summed E-state index contributed by atoms with van der Waals surface area (Å²) in [6.07, 6.45) is -1.09. The second kappa shape index (κ2) is 15.1. The van der Waals surface area contributed by atoms with Crippen molar-refractivity contribution < 1.29 is 29.5 Å². The summed E-state index contributed by atoms with van der Waals surface area (Å²) in [4.78, 5) is 7.42. The van der Waals surface area contributed by atoms with E-state index < -0.39 is 12.2 Å². The Balaban J connectivity index is 0.956. The molecular formula is C32H42Cl2N4O4+2. The zero-order chi connectivity index (χ0) is 29.3. The Morgan fingerprint density at radius 3 is 1.36 bits per heavy atom. The summed E-state index contributed by atoms with van der Waals surface area (Å²) in [5.74, 6) is 1.37. The number of halogens is 2. The van der Waals surface area contributed by atoms with Crippen LogP contribution in [-0.2, 0) is 0 Å². The molecule has 0 aromatic heterocycles. The molecule has 2 aliphatic rings. The molecule has 0 spiro atoms. The first-order chi connectivity index (χ1) is 20.4. The fourth-order valence-electron chi connectivity index (χ4n) is 5.72. The molecule has 0 amide bonds. The average molecular weight is 618 g/mol. The minimum absolute atomic E-state index is 0.244. The summed E-state index contributed by atoms with van der Waals surface area (Å²) < 4.78 is 11.7. The normalized spacial score (nSPS) is 18.1. The molecule has 3 aromatic rings. The smallest absolute Gasteiger partial charge is 0.137 e. The number of nitrogens with zero attached hydrogens (tertiary/aromatic N) is 2. The number of benzene rings is 3. The van der Waals surface area contributed by atoms with Gasteiger partial charge in [0.25, 0.3) is 0 Å². The van der Waals surface area contributed by atoms with Crippen LogP contribution in [0, 0.1) is 0 Å². The predicted molar refractivity (Wildman–Crippen MR) is 168 cm³/mol. The van der Waals surface area contributed by atoms with E-state index in [9.17, 15) is 10.2 Å². The number of hydrogen-bond acceptors (Lipinski definition) is 6. The summed E-state index contributed by atoms with van der Waals surface area (Å²) in [6.45, 7) is 9.36. The first-order valence-electron chi connectivity index (χ1n) is 14.8. The minimum Gasteiger partial charge on any atom is -0.491 e. The molecule has 0 radical (unpaired) electrons. The molecule has 3 aromatic carbocycles. The Morgan fingerprint density at radius 1 is 0.619 bits per heavy atom. The molecule has 2 atom stereocenters. The quantitative estimate of drug-likeness (QED) is 0.246. The van der Waals surface area contributed by atoms with E-state index in [2.05, 4.69) is 21.9 Å². The largest absolute Gasteiger partial charge is 0.491 e. The molecule has 10 heteroatoms. The maximum absolute atomic E-state index is 10.6. The zero-order valence-corrected chi connectivity index (χ0v) is 25.4. The van der Waals surface area contributed by atoms with E-state index in [1.54, 1.807) is 0 Å². The van der Waals surface area contributed by atoms with Gasteiger partial charge in [-0.25, -0.2) is 0 Å². The maximum atomic E-state index is 10.6. The number of quaternary nitrogens is 2. The van der Waals surface area contributed by atoms with Crippen LogP contribution in [0.5, 0.6) is 11.5 Å². The lowest BCUT2D eigenvalue weighted by Crippen LogP contribution is -3.16. The second-order valence-electron chi connectivity index (χ2n) is 11.2. The third-order valence-corrected chi connectivity index (χ3v) is 8.52. The molecule has 226 valence electrons. The topological polar surface area (TPSA) is 74.3 Å². The molecule has 0 unspecified atom stereocenters. The van der Waals surface area contributed by atoms with Gasteiger partial charge < -0.3 is 39.3 Å². The number of nitrogens with one attached hydrogen (secondary N) is 2. The maximum Gasteiger partial charge on any atom is 0.137 e. The Bertz CT molecular complexity index is 1150. The first kappa shape index (κ1) is 30.7. The van der Waals surface area contributed by atoms with Gasteiger partial charge >= 0.3 is 0 Å². The molecule has 5 rings (SSSR count). The average Bonchev–Trinajstić information content (AvgIpc) is 3.00. The lowest BCUT2D eigenvalue weighted by atomic mass is 10.2. The highest BCUT2D eigenvalue weighted by Crippen LogP contribution is 2.21. The summed E-state index contributed by atoms with van der Waals surface area (Å²) in [7, 11) is 0. The van der Waals surface area contributed by atoms with Crippen molar-refractivity contribution >= 4 is 34.6 Å². The van der Waals surface area contributed by atoms with Crippen molar-refractivity contribution in [3.63, 3.8) is 0 Å². The van der Waals surface area contributed by atoms with Crippen LogP contribution < -0.4 is 29.1 Å². The van der Waals surface area contributed by atoms with Crippen molar-refractivity contribution in [2.45, 2.75) is 12.2 Å². The lowest BCUT2D eigenvalue weighted by molar-refractivity contribution is -0.903. The van der Waals surface area contributed by atoms with Crippen LogP contribution >= 0.6 is 23.2 Å². The fraction of sp³-hybridized carbons (Fsp3) is 0.438. The summed E-state index contributed by atoms with van der Waals surface area (Å²) >= 11 is 12.3. The van der Waals surface area contributed by atoms with Gasteiger partial charge in [-0.15, -0.1) is 0 Å². The molecular weight excluding hydrogens is 575 g/mol. The van der Waals surface area contributed by atoms with Gasteiger partial charge in [0.1, 0.15) is 50.0 Å². The van der Waals surface area contributed by atoms with Crippen LogP contribution in [0.4, 0.5) is 11.4 Å². The van der Waals surface area contributed by atoms with Crippen molar-refractivity contribution in [2.24, 2.45) is 0 Å². The number of aliphatic hydroxyl groups excluding tert-OH is 2. The second-order valence-corrected chi connectivity index (χ2v) is 12.1. The highest BCUT2D eigenvalue weighted by Gasteiger charge is 2.24. The minimum atomic E-state index is -0.543. The molecule has 2 aliphatic heterocycles. The lowest BCUT2D eigenvalue weighted by Gasteiger charge is -2.34. The number of ether oxygens (including phenoxy) is 2. The van der Waals surface area contributed by atoms with E-state index in [4.69, 9.17) is 32.7 Å². The van der Waals surface area contributed by atoms with Crippen LogP contribution in [-0.4, -0.2) is 101 Å². The molecule has 0 saturated carbocycles. The van der Waals surface area contributed by atoms with E-state index in [1.165, 1.54) is 9.80 Å². The highest BCUT2D eigenvalue weighted by molar-refractivity contribution is 6.31. The zero-order valence-electron chi connectivity index (χ0n) is 23.9. The van der Waals surface area contributed by atoms with Crippen molar-refractivity contribution in [1.29, 1.82) is 0 Å². The van der Waals surface area contributed by atoms with Crippen LogP contribution in [0.1, 0.15) is 0 Å². The van der Waals surface area contributed by atoms with Crippen LogP contribution in [0.15, 0.2) is 72.8 Å². The van der Waals surface area contributed by atoms with Crippen molar-refractivity contribution in [3.05, 3.63) is 82.8 Å². The summed E-state index contributed by atoms with van der Waals surface area (Å²) in [5, 5.41) is 22.6. The molecule has 0 bridgehead atoms. The van der Waals surface area contributed by atoms with E-state index in [1.807, 2.05) is 60.7 Å². The highest BCUT2D eigenvalue weighted by atomic mass is 35.5. The van der Waals surface area contributed by atoms with Crippen LogP contribution in [0.25, 0.3) is 0 Å². The number of aliphatic hydroxyl groups is 2. The molecule has 2 heterocycles. The van der Waals surface area contributed by atoms with E-state index in [0.717, 1.165) is 73.8 Å². The van der Waals surface area contributed by atoms with E-state index >= 15 is 0 Å². The summed E-state index contributed by atoms with van der Waals surface area (Å²) in [6, 6.07) is 23.3. The molecule has 4 N–H and O–H groups in total. The van der Waals surface area contributed by atoms with Gasteiger partial charge in [0.2, 0.25) is 0 Å². The molecule has 2 fully saturated rings. The third-order valence-electron chi connectivity index (χ3n) is 8.04. The molecule has 42 heavy (non-hydrogen) atoms. The Kier molecular flexibility index (Phi) is 11.1. The van der Waals surface area contributed by atoms with E-state index in [0.29, 0.717) is 24.6 Å². The standard InChI is InChI=1S/C32H40Cl2N4O4/c33-25-3-1-5-27(19-25)37-15-11-35(12-16-37)21-29(39)23-41-31-7-9-32(10-8-31)42-24-30(40)22-36-13-17-38(18-14-36)28-6-2-4-26(34)20-28/h1-10,19-20,29-30,39-40H,11-18,21-24H2/p+2/t29-,30-/m0/s1. The molecule has 2 saturated heterocycles. The van der Waals surface area contributed by atoms with Crippen LogP contribution in [0.2, 0.25) is 10.0 Å². The predicted octanol–water partition coefficient (Wildman–Crippen LogP) is 1.28. The Labute approximate surface area is 258 Å². The van der Waals surface area contributed by atoms with Gasteiger partial charge in [0.05, 0.1) is 52.4 Å². The van der Waals surface area contributed by atoms with Crippen LogP contribution in [0.3, 0.4) is 0 Å². The van der Waals surface area contributed by atoms with Gasteiger partial charge in [-0.05, 0) is 60.7 Å². The molecule has 8 nitrogen and oxygen atoms in total. The van der Waals surface area contributed by atoms with Crippen molar-refractivity contribution in [1.82, 2.24) is 0 Å². The summed E-state index contributed by atoms with van der Waals surface area (Å²) in [5.41, 5.74) is 2.30. The van der Waals surface area contributed by atoms with E-state index in [-0.39, 0.29) is 13.2 Å². The fourth-order valence-corrected chi connectivity index (χ4v) is 6.09. The van der Waals surface area contributed by atoms with Gasteiger partial charge in [-0.2, -0.15) is 0 Å². The number of anilines is 2. The number of hydrogen-bond donors (Lipinski definition) is 4. The third kappa shape index (κ3) is 9.14.